The summed E-state index contributed by atoms with van der Waals surface area (Å²) in [5.41, 5.74) is 2.95. The largest absolute Gasteiger partial charge is 0.330 e. The molecular weight excluding hydrogens is 467 g/mol. The van der Waals surface area contributed by atoms with Crippen LogP contribution >= 0.6 is 45.7 Å². The molecule has 8 heteroatoms. The SMILES string of the molecule is Cc1ccccc1Nc1nnc(SCC(=O)Nc2cccc(I)c2)s1. The van der Waals surface area contributed by atoms with Crippen LogP contribution in [-0.2, 0) is 4.79 Å². The maximum absolute atomic E-state index is 12.0. The Hall–Kier alpha value is -1.65. The van der Waals surface area contributed by atoms with Crippen molar-refractivity contribution in [2.24, 2.45) is 0 Å². The summed E-state index contributed by atoms with van der Waals surface area (Å²) in [7, 11) is 0. The number of amides is 1. The van der Waals surface area contributed by atoms with E-state index < -0.39 is 0 Å². The number of thioether (sulfide) groups is 1. The van der Waals surface area contributed by atoms with E-state index in [0.29, 0.717) is 5.75 Å². The maximum Gasteiger partial charge on any atom is 0.234 e. The summed E-state index contributed by atoms with van der Waals surface area (Å²) in [4.78, 5) is 12.0. The molecule has 0 saturated heterocycles. The molecule has 5 nitrogen and oxygen atoms in total. The molecule has 0 unspecified atom stereocenters. The molecule has 0 aliphatic carbocycles. The number of benzene rings is 2. The van der Waals surface area contributed by atoms with Crippen LogP contribution in [0.2, 0.25) is 0 Å². The molecule has 128 valence electrons. The second kappa shape index (κ2) is 8.63. The van der Waals surface area contributed by atoms with Crippen LogP contribution in [0.4, 0.5) is 16.5 Å². The number of nitrogens with zero attached hydrogens (tertiary/aromatic N) is 2. The lowest BCUT2D eigenvalue weighted by Crippen LogP contribution is -2.13. The summed E-state index contributed by atoms with van der Waals surface area (Å²) in [6.07, 6.45) is 0. The molecule has 0 saturated carbocycles. The van der Waals surface area contributed by atoms with E-state index in [0.717, 1.165) is 30.0 Å². The third-order valence-electron chi connectivity index (χ3n) is 3.23. The molecule has 0 radical (unpaired) electrons. The quantitative estimate of drug-likeness (QED) is 0.386. The molecule has 0 bridgehead atoms. The highest BCUT2D eigenvalue weighted by Gasteiger charge is 2.09. The molecule has 2 aromatic carbocycles. The summed E-state index contributed by atoms with van der Waals surface area (Å²) in [5, 5.41) is 15.1. The number of nitrogens with one attached hydrogen (secondary N) is 2. The van der Waals surface area contributed by atoms with Gasteiger partial charge in [-0.1, -0.05) is 47.4 Å². The van der Waals surface area contributed by atoms with Crippen LogP contribution < -0.4 is 10.6 Å². The predicted molar refractivity (Wildman–Crippen MR) is 113 cm³/mol. The molecule has 1 heterocycles. The zero-order chi connectivity index (χ0) is 17.6. The van der Waals surface area contributed by atoms with Gasteiger partial charge in [-0.2, -0.15) is 0 Å². The number of rotatable bonds is 6. The normalized spacial score (nSPS) is 10.5. The Balaban J connectivity index is 1.53. The van der Waals surface area contributed by atoms with Gasteiger partial charge in [0.25, 0.3) is 0 Å². The number of anilines is 3. The minimum absolute atomic E-state index is 0.0596. The molecule has 0 fully saturated rings. The lowest BCUT2D eigenvalue weighted by Gasteiger charge is -2.05. The fraction of sp³-hybridized carbons (Fsp3) is 0.118. The van der Waals surface area contributed by atoms with E-state index >= 15 is 0 Å². The van der Waals surface area contributed by atoms with Gasteiger partial charge in [0, 0.05) is 14.9 Å². The number of aryl methyl sites for hydroxylation is 1. The van der Waals surface area contributed by atoms with Gasteiger partial charge in [0.1, 0.15) is 0 Å². The van der Waals surface area contributed by atoms with Crippen molar-refractivity contribution in [2.75, 3.05) is 16.4 Å². The Morgan fingerprint density at radius 1 is 1.20 bits per heavy atom. The molecule has 25 heavy (non-hydrogen) atoms. The Bertz CT molecular complexity index is 884. The van der Waals surface area contributed by atoms with Gasteiger partial charge in [0.05, 0.1) is 5.75 Å². The highest BCUT2D eigenvalue weighted by Crippen LogP contribution is 2.28. The smallest absolute Gasteiger partial charge is 0.234 e. The minimum Gasteiger partial charge on any atom is -0.330 e. The van der Waals surface area contributed by atoms with Gasteiger partial charge in [0.15, 0.2) is 4.34 Å². The molecule has 1 aromatic heterocycles. The zero-order valence-electron chi connectivity index (χ0n) is 13.3. The Morgan fingerprint density at radius 2 is 2.04 bits per heavy atom. The molecule has 0 aliphatic rings. The van der Waals surface area contributed by atoms with E-state index in [9.17, 15) is 4.79 Å². The van der Waals surface area contributed by atoms with E-state index in [1.54, 1.807) is 0 Å². The number of halogens is 1. The van der Waals surface area contributed by atoms with E-state index in [1.807, 2.05) is 55.5 Å². The second-order valence-electron chi connectivity index (χ2n) is 5.16. The predicted octanol–water partition coefficient (Wildman–Crippen LogP) is 4.93. The molecule has 1 amide bonds. The number of aromatic nitrogens is 2. The number of hydrogen-bond donors (Lipinski definition) is 2. The first-order chi connectivity index (χ1) is 12.1. The van der Waals surface area contributed by atoms with Crippen molar-refractivity contribution in [3.8, 4) is 0 Å². The van der Waals surface area contributed by atoms with Crippen molar-refractivity contribution in [3.63, 3.8) is 0 Å². The first-order valence-corrected chi connectivity index (χ1v) is 10.3. The van der Waals surface area contributed by atoms with E-state index in [-0.39, 0.29) is 5.91 Å². The molecule has 3 rings (SSSR count). The zero-order valence-corrected chi connectivity index (χ0v) is 17.1. The van der Waals surface area contributed by atoms with Crippen LogP contribution in [0.5, 0.6) is 0 Å². The fourth-order valence-electron chi connectivity index (χ4n) is 2.04. The minimum atomic E-state index is -0.0596. The van der Waals surface area contributed by atoms with Gasteiger partial charge < -0.3 is 10.6 Å². The topological polar surface area (TPSA) is 66.9 Å². The lowest BCUT2D eigenvalue weighted by molar-refractivity contribution is -0.113. The average molecular weight is 482 g/mol. The highest BCUT2D eigenvalue weighted by molar-refractivity contribution is 14.1. The fourth-order valence-corrected chi connectivity index (χ4v) is 4.14. The summed E-state index contributed by atoms with van der Waals surface area (Å²) in [5.74, 6) is 0.236. The molecule has 3 aromatic rings. The molecule has 2 N–H and O–H groups in total. The first kappa shape index (κ1) is 18.2. The van der Waals surface area contributed by atoms with Gasteiger partial charge in [-0.25, -0.2) is 0 Å². The Labute approximate surface area is 167 Å². The average Bonchev–Trinajstić information content (AvgIpc) is 3.03. The number of hydrogen-bond acceptors (Lipinski definition) is 6. The summed E-state index contributed by atoms with van der Waals surface area (Å²) in [6, 6.07) is 15.7. The van der Waals surface area contributed by atoms with Crippen molar-refractivity contribution in [3.05, 3.63) is 57.7 Å². The van der Waals surface area contributed by atoms with E-state index in [1.165, 1.54) is 23.1 Å². The number of para-hydroxylation sites is 1. The van der Waals surface area contributed by atoms with Crippen molar-refractivity contribution in [2.45, 2.75) is 11.3 Å². The summed E-state index contributed by atoms with van der Waals surface area (Å²) < 4.78 is 1.84. The van der Waals surface area contributed by atoms with Crippen molar-refractivity contribution >= 4 is 68.1 Å². The monoisotopic (exact) mass is 482 g/mol. The molecule has 0 atom stereocenters. The van der Waals surface area contributed by atoms with Crippen molar-refractivity contribution in [1.29, 1.82) is 0 Å². The van der Waals surface area contributed by atoms with Gasteiger partial charge >= 0.3 is 0 Å². The molecule has 0 spiro atoms. The third kappa shape index (κ3) is 5.41. The van der Waals surface area contributed by atoms with Crippen molar-refractivity contribution < 1.29 is 4.79 Å². The van der Waals surface area contributed by atoms with Crippen LogP contribution in [0.25, 0.3) is 0 Å². The number of carbonyl (C=O) groups is 1. The van der Waals surface area contributed by atoms with E-state index in [2.05, 4.69) is 43.4 Å². The van der Waals surface area contributed by atoms with Crippen LogP contribution in [0, 0.1) is 10.5 Å². The third-order valence-corrected chi connectivity index (χ3v) is 5.87. The van der Waals surface area contributed by atoms with Gasteiger partial charge in [0.2, 0.25) is 11.0 Å². The first-order valence-electron chi connectivity index (χ1n) is 7.44. The van der Waals surface area contributed by atoms with Gasteiger partial charge in [-0.05, 0) is 59.3 Å². The maximum atomic E-state index is 12.0. The Morgan fingerprint density at radius 3 is 2.84 bits per heavy atom. The standard InChI is InChI=1S/C17H15IN4OS2/c1-11-5-2-3-8-14(11)20-16-21-22-17(25-16)24-10-15(23)19-13-7-4-6-12(18)9-13/h2-9H,10H2,1H3,(H,19,23)(H,20,21). The summed E-state index contributed by atoms with van der Waals surface area (Å²) in [6.45, 7) is 2.04. The van der Waals surface area contributed by atoms with Gasteiger partial charge in [-0.3, -0.25) is 4.79 Å². The lowest BCUT2D eigenvalue weighted by atomic mass is 10.2. The second-order valence-corrected chi connectivity index (χ2v) is 8.61. The van der Waals surface area contributed by atoms with Gasteiger partial charge in [-0.15, -0.1) is 10.2 Å². The molecular formula is C17H15IN4OS2. The van der Waals surface area contributed by atoms with E-state index in [4.69, 9.17) is 0 Å². The highest BCUT2D eigenvalue weighted by atomic mass is 127. The van der Waals surface area contributed by atoms with Crippen molar-refractivity contribution in [1.82, 2.24) is 10.2 Å². The summed E-state index contributed by atoms with van der Waals surface area (Å²) >= 11 is 5.03. The van der Waals surface area contributed by atoms with Crippen LogP contribution in [0.3, 0.4) is 0 Å². The Kier molecular flexibility index (Phi) is 6.27. The number of carbonyl (C=O) groups excluding carboxylic acids is 1. The van der Waals surface area contributed by atoms with Crippen LogP contribution in [-0.4, -0.2) is 21.9 Å². The molecule has 0 aliphatic heterocycles. The van der Waals surface area contributed by atoms with Crippen LogP contribution in [0.1, 0.15) is 5.56 Å². The van der Waals surface area contributed by atoms with Crippen LogP contribution in [0.15, 0.2) is 52.9 Å².